The fourth-order valence-electron chi connectivity index (χ4n) is 3.00. The van der Waals surface area contributed by atoms with Crippen LogP contribution in [-0.4, -0.2) is 17.5 Å². The fraction of sp³-hybridized carbons (Fsp3) is 0.438. The van der Waals surface area contributed by atoms with E-state index in [0.717, 1.165) is 18.4 Å². The summed E-state index contributed by atoms with van der Waals surface area (Å²) in [6.45, 7) is 4.59. The van der Waals surface area contributed by atoms with E-state index in [2.05, 4.69) is 23.5 Å². The van der Waals surface area contributed by atoms with Gasteiger partial charge < -0.3 is 4.98 Å². The number of H-pyrrole nitrogens is 1. The van der Waals surface area contributed by atoms with Crippen LogP contribution < -0.4 is 5.48 Å². The van der Waals surface area contributed by atoms with Crippen LogP contribution in [0.3, 0.4) is 0 Å². The summed E-state index contributed by atoms with van der Waals surface area (Å²) in [4.78, 5) is 20.6. The third kappa shape index (κ3) is 2.20. The molecule has 0 saturated carbocycles. The van der Waals surface area contributed by atoms with E-state index in [1.807, 2.05) is 19.1 Å². The van der Waals surface area contributed by atoms with Crippen LogP contribution in [-0.2, 0) is 17.7 Å². The molecule has 0 radical (unpaired) electrons. The van der Waals surface area contributed by atoms with Gasteiger partial charge in [-0.15, -0.1) is 0 Å². The molecular weight excluding hydrogens is 252 g/mol. The Kier molecular flexibility index (Phi) is 3.49. The number of aromatic amines is 1. The Labute approximate surface area is 118 Å². The molecule has 0 bridgehead atoms. The summed E-state index contributed by atoms with van der Waals surface area (Å²) in [7, 11) is 0. The first-order chi connectivity index (χ1) is 9.70. The number of hydroxylamine groups is 1. The molecule has 0 aliphatic heterocycles. The monoisotopic (exact) mass is 272 g/mol. The van der Waals surface area contributed by atoms with Gasteiger partial charge in [-0.05, 0) is 43.7 Å². The first-order valence-electron chi connectivity index (χ1n) is 7.25. The Bertz CT molecular complexity index is 645. The standard InChI is InChI=1S/C16H20N2O2/c1-3-20-18-16(19)12-6-4-5-11-13-9-10(2)7-8-14(13)17-15(11)12/h4-6,10,17H,3,7-9H2,1-2H3,(H,18,19)/t10-/m1/s1. The van der Waals surface area contributed by atoms with Crippen molar-refractivity contribution in [3.63, 3.8) is 0 Å². The second-order valence-electron chi connectivity index (χ2n) is 5.52. The number of hydrogen-bond donors (Lipinski definition) is 2. The molecule has 0 unspecified atom stereocenters. The molecule has 1 amide bonds. The molecule has 3 rings (SSSR count). The molecule has 1 heterocycles. The van der Waals surface area contributed by atoms with E-state index in [4.69, 9.17) is 4.84 Å². The van der Waals surface area contributed by atoms with Crippen LogP contribution in [0.2, 0.25) is 0 Å². The van der Waals surface area contributed by atoms with Gasteiger partial charge in [0.25, 0.3) is 5.91 Å². The second kappa shape index (κ2) is 5.29. The lowest BCUT2D eigenvalue weighted by atomic mass is 9.87. The molecule has 0 spiro atoms. The van der Waals surface area contributed by atoms with Crippen molar-refractivity contribution in [2.75, 3.05) is 6.61 Å². The second-order valence-corrected chi connectivity index (χ2v) is 5.52. The number of nitrogens with one attached hydrogen (secondary N) is 2. The van der Waals surface area contributed by atoms with Gasteiger partial charge in [0.1, 0.15) is 0 Å². The molecular formula is C16H20N2O2. The number of carbonyl (C=O) groups is 1. The van der Waals surface area contributed by atoms with Crippen molar-refractivity contribution in [3.05, 3.63) is 35.0 Å². The molecule has 2 N–H and O–H groups in total. The predicted octanol–water partition coefficient (Wildman–Crippen LogP) is 2.97. The minimum atomic E-state index is -0.191. The average Bonchev–Trinajstić information content (AvgIpc) is 2.82. The number of amides is 1. The molecule has 1 atom stereocenters. The largest absolute Gasteiger partial charge is 0.358 e. The maximum Gasteiger partial charge on any atom is 0.276 e. The molecule has 20 heavy (non-hydrogen) atoms. The van der Waals surface area contributed by atoms with Gasteiger partial charge in [-0.3, -0.25) is 9.63 Å². The Hall–Kier alpha value is -1.81. The van der Waals surface area contributed by atoms with Crippen molar-refractivity contribution < 1.29 is 9.63 Å². The number of rotatable bonds is 3. The fourth-order valence-corrected chi connectivity index (χ4v) is 3.00. The number of aromatic nitrogens is 1. The van der Waals surface area contributed by atoms with E-state index in [0.29, 0.717) is 18.1 Å². The van der Waals surface area contributed by atoms with Gasteiger partial charge in [0.05, 0.1) is 17.7 Å². The maximum absolute atomic E-state index is 12.1. The molecule has 1 aliphatic carbocycles. The van der Waals surface area contributed by atoms with Gasteiger partial charge in [-0.25, -0.2) is 5.48 Å². The molecule has 1 aromatic carbocycles. The minimum absolute atomic E-state index is 0.191. The van der Waals surface area contributed by atoms with E-state index < -0.39 is 0 Å². The maximum atomic E-state index is 12.1. The quantitative estimate of drug-likeness (QED) is 0.844. The number of carbonyl (C=O) groups excluding carboxylic acids is 1. The molecule has 0 saturated heterocycles. The summed E-state index contributed by atoms with van der Waals surface area (Å²) in [5.74, 6) is 0.520. The average molecular weight is 272 g/mol. The van der Waals surface area contributed by atoms with Gasteiger partial charge in [0.2, 0.25) is 0 Å². The summed E-state index contributed by atoms with van der Waals surface area (Å²) in [6.07, 6.45) is 3.36. The zero-order chi connectivity index (χ0) is 14.1. The van der Waals surface area contributed by atoms with Crippen LogP contribution in [0.4, 0.5) is 0 Å². The van der Waals surface area contributed by atoms with Crippen LogP contribution in [0.5, 0.6) is 0 Å². The molecule has 4 nitrogen and oxygen atoms in total. The molecule has 1 aliphatic rings. The van der Waals surface area contributed by atoms with Crippen LogP contribution in [0, 0.1) is 5.92 Å². The third-order valence-corrected chi connectivity index (χ3v) is 4.02. The smallest absolute Gasteiger partial charge is 0.276 e. The van der Waals surface area contributed by atoms with E-state index in [1.54, 1.807) is 0 Å². The van der Waals surface area contributed by atoms with Crippen LogP contribution in [0.1, 0.15) is 41.9 Å². The van der Waals surface area contributed by atoms with E-state index in [-0.39, 0.29) is 5.91 Å². The molecule has 106 valence electrons. The highest BCUT2D eigenvalue weighted by Crippen LogP contribution is 2.32. The molecule has 1 aromatic heterocycles. The zero-order valence-electron chi connectivity index (χ0n) is 12.0. The molecule has 0 fully saturated rings. The summed E-state index contributed by atoms with van der Waals surface area (Å²) >= 11 is 0. The van der Waals surface area contributed by atoms with Crippen LogP contribution in [0.15, 0.2) is 18.2 Å². The summed E-state index contributed by atoms with van der Waals surface area (Å²) in [5.41, 5.74) is 6.72. The minimum Gasteiger partial charge on any atom is -0.358 e. The topological polar surface area (TPSA) is 54.1 Å². The molecule has 4 heteroatoms. The van der Waals surface area contributed by atoms with Gasteiger partial charge in [0, 0.05) is 11.1 Å². The van der Waals surface area contributed by atoms with Crippen molar-refractivity contribution >= 4 is 16.8 Å². The lowest BCUT2D eigenvalue weighted by Crippen LogP contribution is -2.23. The first-order valence-corrected chi connectivity index (χ1v) is 7.25. The van der Waals surface area contributed by atoms with Crippen molar-refractivity contribution in [1.29, 1.82) is 0 Å². The van der Waals surface area contributed by atoms with Gasteiger partial charge in [-0.2, -0.15) is 0 Å². The number of hydrogen-bond acceptors (Lipinski definition) is 2. The number of fused-ring (bicyclic) bond motifs is 3. The SMILES string of the molecule is CCONC(=O)c1cccc2c3c([nH]c12)CC[C@@H](C)C3. The van der Waals surface area contributed by atoms with Crippen molar-refractivity contribution in [2.24, 2.45) is 5.92 Å². The van der Waals surface area contributed by atoms with E-state index in [1.165, 1.54) is 23.1 Å². The lowest BCUT2D eigenvalue weighted by Gasteiger charge is -2.17. The number of benzene rings is 1. The van der Waals surface area contributed by atoms with Crippen molar-refractivity contribution in [3.8, 4) is 0 Å². The normalized spacial score (nSPS) is 18.0. The highest BCUT2D eigenvalue weighted by molar-refractivity contribution is 6.06. The van der Waals surface area contributed by atoms with Crippen molar-refractivity contribution in [1.82, 2.24) is 10.5 Å². The van der Waals surface area contributed by atoms with Gasteiger partial charge in [0.15, 0.2) is 0 Å². The van der Waals surface area contributed by atoms with Gasteiger partial charge >= 0.3 is 0 Å². The first kappa shape index (κ1) is 13.2. The number of aryl methyl sites for hydroxylation is 1. The number of para-hydroxylation sites is 1. The van der Waals surface area contributed by atoms with E-state index in [9.17, 15) is 4.79 Å². The zero-order valence-corrected chi connectivity index (χ0v) is 12.0. The summed E-state index contributed by atoms with van der Waals surface area (Å²) in [6, 6.07) is 5.87. The van der Waals surface area contributed by atoms with Gasteiger partial charge in [-0.1, -0.05) is 19.1 Å². The van der Waals surface area contributed by atoms with Crippen LogP contribution in [0.25, 0.3) is 10.9 Å². The Morgan fingerprint density at radius 1 is 1.50 bits per heavy atom. The van der Waals surface area contributed by atoms with E-state index >= 15 is 0 Å². The summed E-state index contributed by atoms with van der Waals surface area (Å²) < 4.78 is 0. The Morgan fingerprint density at radius 2 is 2.35 bits per heavy atom. The lowest BCUT2D eigenvalue weighted by molar-refractivity contribution is 0.0366. The Morgan fingerprint density at radius 3 is 3.15 bits per heavy atom. The van der Waals surface area contributed by atoms with Crippen LogP contribution >= 0.6 is 0 Å². The highest BCUT2D eigenvalue weighted by atomic mass is 16.6. The third-order valence-electron chi connectivity index (χ3n) is 4.02. The highest BCUT2D eigenvalue weighted by Gasteiger charge is 2.22. The summed E-state index contributed by atoms with van der Waals surface area (Å²) in [5, 5.41) is 1.18. The molecule has 2 aromatic rings. The van der Waals surface area contributed by atoms with Crippen molar-refractivity contribution in [2.45, 2.75) is 33.1 Å². The Balaban J connectivity index is 2.05. The predicted molar refractivity (Wildman–Crippen MR) is 78.6 cm³/mol.